The zero-order valence-corrected chi connectivity index (χ0v) is 15.0. The molecule has 3 aromatic rings. The van der Waals surface area contributed by atoms with Crippen LogP contribution in [0.5, 0.6) is 5.75 Å². The molecule has 3 rings (SSSR count). The van der Waals surface area contributed by atoms with Gasteiger partial charge in [-0.3, -0.25) is 9.78 Å². The maximum atomic E-state index is 12.4. The van der Waals surface area contributed by atoms with Crippen molar-refractivity contribution in [3.05, 3.63) is 77.6 Å². The van der Waals surface area contributed by atoms with Crippen LogP contribution in [0.2, 0.25) is 5.02 Å². The Bertz CT molecular complexity index is 880. The molecule has 0 saturated heterocycles. The minimum Gasteiger partial charge on any atom is -0.494 e. The number of pyridine rings is 1. The molecular weight excluding hydrogens is 350 g/mol. The standard InChI is InChI=1S/C20H18ClN3O2/c1-2-26-19-9-7-17(8-10-19)24-20(25)14-11-18(13-22-12-14)23-16-5-3-15(21)4-6-16/h3-13,23H,2H2,1H3,(H,24,25). The van der Waals surface area contributed by atoms with Crippen molar-refractivity contribution in [2.45, 2.75) is 6.92 Å². The van der Waals surface area contributed by atoms with Crippen LogP contribution in [0.15, 0.2) is 67.0 Å². The van der Waals surface area contributed by atoms with Gasteiger partial charge in [0.15, 0.2) is 0 Å². The van der Waals surface area contributed by atoms with Gasteiger partial charge in [-0.2, -0.15) is 0 Å². The van der Waals surface area contributed by atoms with E-state index in [0.717, 1.165) is 11.4 Å². The van der Waals surface area contributed by atoms with Gasteiger partial charge in [-0.05, 0) is 61.5 Å². The number of benzene rings is 2. The molecule has 132 valence electrons. The molecule has 0 spiro atoms. The van der Waals surface area contributed by atoms with E-state index >= 15 is 0 Å². The Balaban J connectivity index is 1.68. The van der Waals surface area contributed by atoms with Gasteiger partial charge in [0.05, 0.1) is 24.1 Å². The van der Waals surface area contributed by atoms with Gasteiger partial charge in [0.25, 0.3) is 5.91 Å². The molecule has 26 heavy (non-hydrogen) atoms. The van der Waals surface area contributed by atoms with E-state index in [1.807, 2.05) is 31.2 Å². The summed E-state index contributed by atoms with van der Waals surface area (Å²) >= 11 is 5.88. The SMILES string of the molecule is CCOc1ccc(NC(=O)c2cncc(Nc3ccc(Cl)cc3)c2)cc1. The molecule has 0 aliphatic rings. The largest absolute Gasteiger partial charge is 0.494 e. The second-order valence-electron chi connectivity index (χ2n) is 5.51. The summed E-state index contributed by atoms with van der Waals surface area (Å²) in [5.41, 5.74) is 2.72. The zero-order chi connectivity index (χ0) is 18.4. The first-order valence-corrected chi connectivity index (χ1v) is 8.53. The number of amides is 1. The molecule has 1 heterocycles. The molecular formula is C20H18ClN3O2. The topological polar surface area (TPSA) is 63.2 Å². The molecule has 6 heteroatoms. The fraction of sp³-hybridized carbons (Fsp3) is 0.100. The monoisotopic (exact) mass is 367 g/mol. The van der Waals surface area contributed by atoms with Gasteiger partial charge >= 0.3 is 0 Å². The van der Waals surface area contributed by atoms with Crippen LogP contribution in [0.1, 0.15) is 17.3 Å². The number of anilines is 3. The van der Waals surface area contributed by atoms with Gasteiger partial charge < -0.3 is 15.4 Å². The van der Waals surface area contributed by atoms with E-state index in [0.29, 0.717) is 28.6 Å². The van der Waals surface area contributed by atoms with Crippen LogP contribution in [0.25, 0.3) is 0 Å². The maximum absolute atomic E-state index is 12.4. The minimum absolute atomic E-state index is 0.235. The van der Waals surface area contributed by atoms with E-state index in [-0.39, 0.29) is 5.91 Å². The number of carbonyl (C=O) groups excluding carboxylic acids is 1. The highest BCUT2D eigenvalue weighted by Gasteiger charge is 2.08. The molecule has 2 N–H and O–H groups in total. The molecule has 0 fully saturated rings. The van der Waals surface area contributed by atoms with Gasteiger partial charge in [-0.25, -0.2) is 0 Å². The average Bonchev–Trinajstić information content (AvgIpc) is 2.66. The molecule has 0 bridgehead atoms. The van der Waals surface area contributed by atoms with Crippen LogP contribution in [-0.4, -0.2) is 17.5 Å². The van der Waals surface area contributed by atoms with Crippen LogP contribution >= 0.6 is 11.6 Å². The lowest BCUT2D eigenvalue weighted by Gasteiger charge is -2.09. The van der Waals surface area contributed by atoms with Crippen molar-refractivity contribution in [3.63, 3.8) is 0 Å². The molecule has 2 aromatic carbocycles. The smallest absolute Gasteiger partial charge is 0.257 e. The Labute approximate surface area is 157 Å². The molecule has 1 aromatic heterocycles. The summed E-state index contributed by atoms with van der Waals surface area (Å²) in [6.45, 7) is 2.53. The Morgan fingerprint density at radius 2 is 1.69 bits per heavy atom. The van der Waals surface area contributed by atoms with Crippen molar-refractivity contribution in [2.75, 3.05) is 17.2 Å². The van der Waals surface area contributed by atoms with Crippen LogP contribution in [0.4, 0.5) is 17.1 Å². The van der Waals surface area contributed by atoms with E-state index in [1.54, 1.807) is 36.5 Å². The van der Waals surface area contributed by atoms with E-state index in [2.05, 4.69) is 15.6 Å². The zero-order valence-electron chi connectivity index (χ0n) is 14.2. The number of nitrogens with zero attached hydrogens (tertiary/aromatic N) is 1. The Morgan fingerprint density at radius 3 is 2.38 bits per heavy atom. The average molecular weight is 368 g/mol. The number of hydrogen-bond acceptors (Lipinski definition) is 4. The van der Waals surface area contributed by atoms with Crippen molar-refractivity contribution in [2.24, 2.45) is 0 Å². The van der Waals surface area contributed by atoms with E-state index in [4.69, 9.17) is 16.3 Å². The van der Waals surface area contributed by atoms with E-state index in [9.17, 15) is 4.79 Å². The van der Waals surface area contributed by atoms with Gasteiger partial charge in [0.2, 0.25) is 0 Å². The predicted molar refractivity (Wildman–Crippen MR) is 105 cm³/mol. The molecule has 0 aliphatic carbocycles. The number of carbonyl (C=O) groups is 1. The molecule has 0 aliphatic heterocycles. The quantitative estimate of drug-likeness (QED) is 0.634. The summed E-state index contributed by atoms with van der Waals surface area (Å²) in [5, 5.41) is 6.70. The second-order valence-corrected chi connectivity index (χ2v) is 5.94. The fourth-order valence-electron chi connectivity index (χ4n) is 2.34. The van der Waals surface area contributed by atoms with Crippen molar-refractivity contribution in [3.8, 4) is 5.75 Å². The first kappa shape index (κ1) is 17.8. The number of ether oxygens (including phenoxy) is 1. The Morgan fingerprint density at radius 1 is 1.00 bits per heavy atom. The molecule has 0 saturated carbocycles. The number of hydrogen-bond donors (Lipinski definition) is 2. The summed E-state index contributed by atoms with van der Waals surface area (Å²) in [6, 6.07) is 16.3. The Hall–Kier alpha value is -3.05. The van der Waals surface area contributed by atoms with Crippen molar-refractivity contribution >= 4 is 34.6 Å². The van der Waals surface area contributed by atoms with Crippen LogP contribution in [0.3, 0.4) is 0 Å². The highest BCUT2D eigenvalue weighted by Crippen LogP contribution is 2.20. The molecule has 5 nitrogen and oxygen atoms in total. The number of aromatic nitrogens is 1. The molecule has 0 radical (unpaired) electrons. The Kier molecular flexibility index (Phi) is 5.71. The van der Waals surface area contributed by atoms with Gasteiger partial charge in [-0.15, -0.1) is 0 Å². The van der Waals surface area contributed by atoms with Crippen LogP contribution in [0, 0.1) is 0 Å². The summed E-state index contributed by atoms with van der Waals surface area (Å²) in [7, 11) is 0. The summed E-state index contributed by atoms with van der Waals surface area (Å²) < 4.78 is 5.39. The minimum atomic E-state index is -0.235. The summed E-state index contributed by atoms with van der Waals surface area (Å²) in [4.78, 5) is 16.6. The number of nitrogens with one attached hydrogen (secondary N) is 2. The predicted octanol–water partition coefficient (Wildman–Crippen LogP) is 5.13. The lowest BCUT2D eigenvalue weighted by atomic mass is 10.2. The summed E-state index contributed by atoms with van der Waals surface area (Å²) in [6.07, 6.45) is 3.18. The fourth-order valence-corrected chi connectivity index (χ4v) is 2.46. The third kappa shape index (κ3) is 4.74. The normalized spacial score (nSPS) is 10.2. The van der Waals surface area contributed by atoms with E-state index < -0.39 is 0 Å². The van der Waals surface area contributed by atoms with Gasteiger partial charge in [0, 0.05) is 22.6 Å². The van der Waals surface area contributed by atoms with Crippen LogP contribution < -0.4 is 15.4 Å². The van der Waals surface area contributed by atoms with Crippen molar-refractivity contribution < 1.29 is 9.53 Å². The number of rotatable bonds is 6. The van der Waals surface area contributed by atoms with E-state index in [1.165, 1.54) is 6.20 Å². The lowest BCUT2D eigenvalue weighted by molar-refractivity contribution is 0.102. The third-order valence-corrected chi connectivity index (χ3v) is 3.81. The van der Waals surface area contributed by atoms with Gasteiger partial charge in [0.1, 0.15) is 5.75 Å². The van der Waals surface area contributed by atoms with Crippen molar-refractivity contribution in [1.82, 2.24) is 4.98 Å². The summed E-state index contributed by atoms with van der Waals surface area (Å²) in [5.74, 6) is 0.530. The van der Waals surface area contributed by atoms with Crippen LogP contribution in [-0.2, 0) is 0 Å². The third-order valence-electron chi connectivity index (χ3n) is 3.56. The molecule has 0 unspecified atom stereocenters. The van der Waals surface area contributed by atoms with Gasteiger partial charge in [-0.1, -0.05) is 11.6 Å². The molecule has 1 amide bonds. The molecule has 0 atom stereocenters. The highest BCUT2D eigenvalue weighted by atomic mass is 35.5. The number of halogens is 1. The second kappa shape index (κ2) is 8.36. The highest BCUT2D eigenvalue weighted by molar-refractivity contribution is 6.30. The lowest BCUT2D eigenvalue weighted by Crippen LogP contribution is -2.12. The first-order valence-electron chi connectivity index (χ1n) is 8.16. The van der Waals surface area contributed by atoms with Crippen molar-refractivity contribution in [1.29, 1.82) is 0 Å². The first-order chi connectivity index (χ1) is 12.6. The maximum Gasteiger partial charge on any atom is 0.257 e.